The number of carboxylic acids is 1. The Morgan fingerprint density at radius 2 is 2.00 bits per heavy atom. The average molecular weight is 332 g/mol. The van der Waals surface area contributed by atoms with E-state index in [0.717, 1.165) is 12.8 Å². The molecule has 0 aromatic heterocycles. The number of carboxylic acid groups (broad SMARTS) is 1. The SMILES string of the molecule is CCC(CCNC(=O)c1cc(Cl)ccc1Cl)CCC(=O)O. The smallest absolute Gasteiger partial charge is 0.303 e. The molecule has 1 atom stereocenters. The normalized spacial score (nSPS) is 12.0. The summed E-state index contributed by atoms with van der Waals surface area (Å²) in [6, 6.07) is 4.74. The van der Waals surface area contributed by atoms with Crippen LogP contribution in [0.1, 0.15) is 43.0 Å². The highest BCUT2D eigenvalue weighted by atomic mass is 35.5. The summed E-state index contributed by atoms with van der Waals surface area (Å²) in [5, 5.41) is 12.3. The fraction of sp³-hybridized carbons (Fsp3) is 0.467. The molecule has 0 spiro atoms. The predicted molar refractivity (Wildman–Crippen MR) is 84.1 cm³/mol. The maximum atomic E-state index is 12.0. The third-order valence-corrected chi connectivity index (χ3v) is 3.92. The molecule has 116 valence electrons. The van der Waals surface area contributed by atoms with Gasteiger partial charge in [-0.1, -0.05) is 36.5 Å². The predicted octanol–water partition coefficient (Wildman–Crippen LogP) is 4.00. The van der Waals surface area contributed by atoms with E-state index in [9.17, 15) is 9.59 Å². The summed E-state index contributed by atoms with van der Waals surface area (Å²) < 4.78 is 0. The van der Waals surface area contributed by atoms with Gasteiger partial charge in [0.1, 0.15) is 0 Å². The lowest BCUT2D eigenvalue weighted by atomic mass is 9.96. The van der Waals surface area contributed by atoms with E-state index in [1.807, 2.05) is 6.92 Å². The molecule has 0 bridgehead atoms. The molecule has 1 aromatic carbocycles. The topological polar surface area (TPSA) is 66.4 Å². The Hall–Kier alpha value is -1.26. The van der Waals surface area contributed by atoms with Crippen molar-refractivity contribution < 1.29 is 14.7 Å². The Kier molecular flexibility index (Phi) is 7.54. The highest BCUT2D eigenvalue weighted by Crippen LogP contribution is 2.20. The van der Waals surface area contributed by atoms with E-state index in [1.54, 1.807) is 12.1 Å². The van der Waals surface area contributed by atoms with Gasteiger partial charge in [-0.2, -0.15) is 0 Å². The molecule has 0 aliphatic rings. The summed E-state index contributed by atoms with van der Waals surface area (Å²) in [7, 11) is 0. The Bertz CT molecular complexity index is 506. The molecule has 2 N–H and O–H groups in total. The lowest BCUT2D eigenvalue weighted by Crippen LogP contribution is -2.26. The number of carbonyl (C=O) groups is 2. The van der Waals surface area contributed by atoms with Crippen molar-refractivity contribution in [3.8, 4) is 0 Å². The van der Waals surface area contributed by atoms with Crippen LogP contribution in [0.5, 0.6) is 0 Å². The molecular weight excluding hydrogens is 313 g/mol. The van der Waals surface area contributed by atoms with Crippen molar-refractivity contribution in [1.82, 2.24) is 5.32 Å². The molecule has 0 fully saturated rings. The Morgan fingerprint density at radius 3 is 2.62 bits per heavy atom. The van der Waals surface area contributed by atoms with Gasteiger partial charge in [0.05, 0.1) is 10.6 Å². The van der Waals surface area contributed by atoms with Gasteiger partial charge < -0.3 is 10.4 Å². The minimum atomic E-state index is -0.789. The van der Waals surface area contributed by atoms with Crippen molar-refractivity contribution >= 4 is 35.1 Å². The van der Waals surface area contributed by atoms with E-state index in [1.165, 1.54) is 6.07 Å². The summed E-state index contributed by atoms with van der Waals surface area (Å²) in [5.41, 5.74) is 0.350. The molecular formula is C15H19Cl2NO3. The van der Waals surface area contributed by atoms with Gasteiger partial charge in [0.15, 0.2) is 0 Å². The number of amides is 1. The number of hydrogen-bond donors (Lipinski definition) is 2. The minimum Gasteiger partial charge on any atom is -0.481 e. The molecule has 1 amide bonds. The Morgan fingerprint density at radius 1 is 1.29 bits per heavy atom. The van der Waals surface area contributed by atoms with Crippen molar-refractivity contribution in [3.05, 3.63) is 33.8 Å². The number of hydrogen-bond acceptors (Lipinski definition) is 2. The molecule has 6 heteroatoms. The number of aliphatic carboxylic acids is 1. The lowest BCUT2D eigenvalue weighted by molar-refractivity contribution is -0.137. The van der Waals surface area contributed by atoms with Crippen LogP contribution >= 0.6 is 23.2 Å². The number of benzene rings is 1. The van der Waals surface area contributed by atoms with E-state index in [4.69, 9.17) is 28.3 Å². The molecule has 1 rings (SSSR count). The number of rotatable bonds is 8. The molecule has 0 heterocycles. The second-order valence-electron chi connectivity index (χ2n) is 4.88. The van der Waals surface area contributed by atoms with Gasteiger partial charge in [0.2, 0.25) is 0 Å². The minimum absolute atomic E-state index is 0.159. The molecule has 1 aromatic rings. The monoisotopic (exact) mass is 331 g/mol. The molecule has 1 unspecified atom stereocenters. The van der Waals surface area contributed by atoms with Crippen LogP contribution in [0.25, 0.3) is 0 Å². The van der Waals surface area contributed by atoms with Crippen LogP contribution in [0, 0.1) is 5.92 Å². The van der Waals surface area contributed by atoms with Gasteiger partial charge in [-0.05, 0) is 37.0 Å². The Balaban J connectivity index is 2.45. The van der Waals surface area contributed by atoms with Gasteiger partial charge in [-0.25, -0.2) is 0 Å². The van der Waals surface area contributed by atoms with E-state index >= 15 is 0 Å². The summed E-state index contributed by atoms with van der Waals surface area (Å²) in [6.45, 7) is 2.50. The van der Waals surface area contributed by atoms with Crippen molar-refractivity contribution in [2.24, 2.45) is 5.92 Å². The van der Waals surface area contributed by atoms with Crippen LogP contribution < -0.4 is 5.32 Å². The summed E-state index contributed by atoms with van der Waals surface area (Å²) in [6.07, 6.45) is 2.42. The fourth-order valence-electron chi connectivity index (χ4n) is 2.04. The van der Waals surface area contributed by atoms with Gasteiger partial charge >= 0.3 is 5.97 Å². The largest absolute Gasteiger partial charge is 0.481 e. The van der Waals surface area contributed by atoms with Crippen molar-refractivity contribution in [2.75, 3.05) is 6.54 Å². The third-order valence-electron chi connectivity index (χ3n) is 3.35. The van der Waals surface area contributed by atoms with Crippen LogP contribution in [-0.2, 0) is 4.79 Å². The molecule has 0 aliphatic carbocycles. The second kappa shape index (κ2) is 8.90. The molecule has 0 aliphatic heterocycles. The maximum Gasteiger partial charge on any atom is 0.303 e. The maximum absolute atomic E-state index is 12.0. The van der Waals surface area contributed by atoms with Crippen LogP contribution in [0.3, 0.4) is 0 Å². The Labute approximate surface area is 134 Å². The molecule has 0 saturated heterocycles. The van der Waals surface area contributed by atoms with E-state index in [-0.39, 0.29) is 18.2 Å². The fourth-order valence-corrected chi connectivity index (χ4v) is 2.41. The van der Waals surface area contributed by atoms with E-state index in [0.29, 0.717) is 28.6 Å². The van der Waals surface area contributed by atoms with Crippen LogP contribution in [0.15, 0.2) is 18.2 Å². The summed E-state index contributed by atoms with van der Waals surface area (Å²) in [5.74, 6) is -0.769. The van der Waals surface area contributed by atoms with Crippen LogP contribution in [0.2, 0.25) is 10.0 Å². The second-order valence-corrected chi connectivity index (χ2v) is 5.72. The van der Waals surface area contributed by atoms with Crippen molar-refractivity contribution in [2.45, 2.75) is 32.6 Å². The summed E-state index contributed by atoms with van der Waals surface area (Å²) in [4.78, 5) is 22.6. The van der Waals surface area contributed by atoms with Gasteiger partial charge in [0.25, 0.3) is 5.91 Å². The zero-order valence-corrected chi connectivity index (χ0v) is 13.4. The number of halogens is 2. The van der Waals surface area contributed by atoms with Crippen LogP contribution in [-0.4, -0.2) is 23.5 Å². The third kappa shape index (κ3) is 6.36. The first-order chi connectivity index (χ1) is 9.93. The molecule has 21 heavy (non-hydrogen) atoms. The van der Waals surface area contributed by atoms with Crippen molar-refractivity contribution in [1.29, 1.82) is 0 Å². The highest BCUT2D eigenvalue weighted by Gasteiger charge is 2.13. The first kappa shape index (κ1) is 17.8. The standard InChI is InChI=1S/C15H19Cl2NO3/c1-2-10(3-6-14(19)20)7-8-18-15(21)12-9-11(16)4-5-13(12)17/h4-5,9-10H,2-3,6-8H2,1H3,(H,18,21)(H,19,20). The lowest BCUT2D eigenvalue weighted by Gasteiger charge is -2.14. The average Bonchev–Trinajstić information content (AvgIpc) is 2.44. The molecule has 0 radical (unpaired) electrons. The number of carbonyl (C=O) groups excluding carboxylic acids is 1. The van der Waals surface area contributed by atoms with Crippen LogP contribution in [0.4, 0.5) is 0 Å². The van der Waals surface area contributed by atoms with Gasteiger partial charge in [-0.3, -0.25) is 9.59 Å². The van der Waals surface area contributed by atoms with Gasteiger partial charge in [0, 0.05) is 18.0 Å². The molecule has 0 saturated carbocycles. The van der Waals surface area contributed by atoms with E-state index < -0.39 is 5.97 Å². The highest BCUT2D eigenvalue weighted by molar-refractivity contribution is 6.35. The zero-order chi connectivity index (χ0) is 15.8. The van der Waals surface area contributed by atoms with Crippen molar-refractivity contribution in [3.63, 3.8) is 0 Å². The van der Waals surface area contributed by atoms with Gasteiger partial charge in [-0.15, -0.1) is 0 Å². The van der Waals surface area contributed by atoms with E-state index in [2.05, 4.69) is 5.32 Å². The summed E-state index contributed by atoms with van der Waals surface area (Å²) >= 11 is 11.8. The quantitative estimate of drug-likeness (QED) is 0.756. The zero-order valence-electron chi connectivity index (χ0n) is 11.9. The first-order valence-corrected chi connectivity index (χ1v) is 7.64. The molecule has 4 nitrogen and oxygen atoms in total. The number of nitrogens with one attached hydrogen (secondary N) is 1. The first-order valence-electron chi connectivity index (χ1n) is 6.89.